The van der Waals surface area contributed by atoms with Gasteiger partial charge in [0.15, 0.2) is 0 Å². The summed E-state index contributed by atoms with van der Waals surface area (Å²) in [4.78, 5) is 12.3. The average Bonchev–Trinajstić information content (AvgIpc) is 2.74. The highest BCUT2D eigenvalue weighted by molar-refractivity contribution is 8.01. The van der Waals surface area contributed by atoms with Gasteiger partial charge in [-0.15, -0.1) is 11.8 Å². The molecule has 20 heavy (non-hydrogen) atoms. The first-order chi connectivity index (χ1) is 9.02. The molecule has 0 spiro atoms. The molecule has 0 saturated carbocycles. The zero-order valence-corrected chi connectivity index (χ0v) is 14.4. The van der Waals surface area contributed by atoms with Crippen LogP contribution in [0.4, 0.5) is 5.88 Å². The maximum absolute atomic E-state index is 12.3. The van der Waals surface area contributed by atoms with E-state index in [1.54, 1.807) is 17.8 Å². The van der Waals surface area contributed by atoms with E-state index in [9.17, 15) is 4.79 Å². The molecule has 1 amide bonds. The molecule has 1 heterocycles. The number of nitrogens with one attached hydrogen (secondary N) is 1. The summed E-state index contributed by atoms with van der Waals surface area (Å²) in [5, 5.41) is 6.81. The minimum atomic E-state index is -0.487. The van der Waals surface area contributed by atoms with Crippen LogP contribution in [-0.2, 0) is 10.2 Å². The number of rotatable bonds is 5. The molecule has 0 aliphatic carbocycles. The van der Waals surface area contributed by atoms with E-state index in [-0.39, 0.29) is 11.3 Å². The summed E-state index contributed by atoms with van der Waals surface area (Å²) in [5.74, 6) is 1.87. The fourth-order valence-corrected chi connectivity index (χ4v) is 2.32. The molecule has 0 radical (unpaired) electrons. The zero-order valence-electron chi connectivity index (χ0n) is 13.5. The summed E-state index contributed by atoms with van der Waals surface area (Å²) < 4.78 is 4.70. The number of hydrogen-bond acceptors (Lipinski definition) is 4. The van der Waals surface area contributed by atoms with Gasteiger partial charge in [0.1, 0.15) is 0 Å². The lowest BCUT2D eigenvalue weighted by Crippen LogP contribution is -2.34. The van der Waals surface area contributed by atoms with Crippen LogP contribution in [0, 0.1) is 5.92 Å². The van der Waals surface area contributed by atoms with Crippen LogP contribution in [0.3, 0.4) is 0 Å². The molecular weight excluding hydrogens is 272 g/mol. The number of anilines is 1. The molecule has 0 aromatic carbocycles. The van der Waals surface area contributed by atoms with Crippen molar-refractivity contribution in [2.24, 2.45) is 5.92 Å². The largest absolute Gasteiger partial charge is 0.338 e. The molecule has 0 bridgehead atoms. The summed E-state index contributed by atoms with van der Waals surface area (Å²) in [7, 11) is 0. The fourth-order valence-electron chi connectivity index (χ4n) is 1.39. The minimum Gasteiger partial charge on any atom is -0.338 e. The number of carbonyl (C=O) groups excluding carboxylic acids is 1. The Morgan fingerprint density at radius 1 is 1.35 bits per heavy atom. The number of hydrogen-bond donors (Lipinski definition) is 1. The molecule has 0 fully saturated rings. The van der Waals surface area contributed by atoms with E-state index < -0.39 is 4.75 Å². The summed E-state index contributed by atoms with van der Waals surface area (Å²) in [6.07, 6.45) is 0. The second-order valence-corrected chi connectivity index (χ2v) is 8.64. The van der Waals surface area contributed by atoms with E-state index in [1.165, 1.54) is 0 Å². The Morgan fingerprint density at radius 3 is 2.40 bits per heavy atom. The van der Waals surface area contributed by atoms with Crippen molar-refractivity contribution in [1.82, 2.24) is 5.16 Å². The van der Waals surface area contributed by atoms with Gasteiger partial charge in [0, 0.05) is 11.5 Å². The van der Waals surface area contributed by atoms with Gasteiger partial charge in [-0.3, -0.25) is 10.1 Å². The topological polar surface area (TPSA) is 55.1 Å². The molecule has 0 unspecified atom stereocenters. The van der Waals surface area contributed by atoms with E-state index >= 15 is 0 Å². The summed E-state index contributed by atoms with van der Waals surface area (Å²) >= 11 is 1.65. The first-order valence-electron chi connectivity index (χ1n) is 6.95. The smallest absolute Gasteiger partial charge is 0.242 e. The number of carbonyl (C=O) groups is 1. The van der Waals surface area contributed by atoms with Crippen molar-refractivity contribution < 1.29 is 9.32 Å². The Kier molecular flexibility index (Phi) is 5.30. The van der Waals surface area contributed by atoms with Gasteiger partial charge < -0.3 is 4.52 Å². The quantitative estimate of drug-likeness (QED) is 0.890. The zero-order chi connectivity index (χ0) is 15.6. The van der Waals surface area contributed by atoms with Crippen LogP contribution in [0.5, 0.6) is 0 Å². The number of aromatic nitrogens is 1. The lowest BCUT2D eigenvalue weighted by atomic mass is 9.92. The maximum Gasteiger partial charge on any atom is 0.242 e. The molecule has 0 saturated heterocycles. The van der Waals surface area contributed by atoms with Gasteiger partial charge in [0.2, 0.25) is 11.8 Å². The summed E-state index contributed by atoms with van der Waals surface area (Å²) in [6, 6.07) is 1.79. The summed E-state index contributed by atoms with van der Waals surface area (Å²) in [6.45, 7) is 14.3. The van der Waals surface area contributed by atoms with Crippen molar-refractivity contribution in [2.75, 3.05) is 11.1 Å². The number of thioether (sulfide) groups is 1. The van der Waals surface area contributed by atoms with Crippen molar-refractivity contribution in [2.45, 2.75) is 58.6 Å². The van der Waals surface area contributed by atoms with Gasteiger partial charge in [-0.05, 0) is 25.5 Å². The van der Waals surface area contributed by atoms with Crippen molar-refractivity contribution in [3.05, 3.63) is 11.8 Å². The molecule has 114 valence electrons. The van der Waals surface area contributed by atoms with E-state index in [2.05, 4.69) is 45.1 Å². The van der Waals surface area contributed by atoms with Crippen molar-refractivity contribution in [3.63, 3.8) is 0 Å². The lowest BCUT2D eigenvalue weighted by Gasteiger charge is -2.23. The average molecular weight is 298 g/mol. The van der Waals surface area contributed by atoms with Gasteiger partial charge in [-0.1, -0.05) is 39.8 Å². The molecule has 0 aliphatic rings. The Bertz CT molecular complexity index is 459. The van der Waals surface area contributed by atoms with Crippen LogP contribution < -0.4 is 5.32 Å². The van der Waals surface area contributed by atoms with E-state index in [0.717, 1.165) is 11.4 Å². The molecule has 0 atom stereocenters. The van der Waals surface area contributed by atoms with Crippen LogP contribution in [-0.4, -0.2) is 21.6 Å². The fraction of sp³-hybridized carbons (Fsp3) is 0.733. The molecule has 1 N–H and O–H groups in total. The van der Waals surface area contributed by atoms with Crippen molar-refractivity contribution in [3.8, 4) is 0 Å². The predicted molar refractivity (Wildman–Crippen MR) is 85.2 cm³/mol. The third-order valence-corrected chi connectivity index (χ3v) is 4.58. The second kappa shape index (κ2) is 6.20. The molecule has 1 aromatic heterocycles. The second-order valence-electron chi connectivity index (χ2n) is 7.00. The SMILES string of the molecule is CC(C)CSC(C)(C)C(=O)Nc1cc(C(C)(C)C)no1. The Morgan fingerprint density at radius 2 is 1.95 bits per heavy atom. The Labute approximate surface area is 126 Å². The van der Waals surface area contributed by atoms with E-state index in [4.69, 9.17) is 4.52 Å². The minimum absolute atomic E-state index is 0.0558. The van der Waals surface area contributed by atoms with Gasteiger partial charge in [0.25, 0.3) is 0 Å². The van der Waals surface area contributed by atoms with E-state index in [0.29, 0.717) is 11.8 Å². The van der Waals surface area contributed by atoms with Gasteiger partial charge in [0.05, 0.1) is 10.4 Å². The van der Waals surface area contributed by atoms with Crippen molar-refractivity contribution in [1.29, 1.82) is 0 Å². The highest BCUT2D eigenvalue weighted by Gasteiger charge is 2.30. The first-order valence-corrected chi connectivity index (χ1v) is 7.93. The standard InChI is InChI=1S/C15H26N2O2S/c1-10(2)9-20-15(6,7)13(18)16-12-8-11(17-19-12)14(3,4)5/h8,10H,9H2,1-7H3,(H,16,18). The van der Waals surface area contributed by atoms with Crippen LogP contribution in [0.25, 0.3) is 0 Å². The predicted octanol–water partition coefficient (Wildman–Crippen LogP) is 4.08. The molecule has 4 nitrogen and oxygen atoms in total. The van der Waals surface area contributed by atoms with Crippen LogP contribution in [0.15, 0.2) is 10.6 Å². The van der Waals surface area contributed by atoms with Gasteiger partial charge in [-0.25, -0.2) is 0 Å². The molecule has 5 heteroatoms. The third kappa shape index (κ3) is 4.85. The van der Waals surface area contributed by atoms with Gasteiger partial charge in [-0.2, -0.15) is 0 Å². The highest BCUT2D eigenvalue weighted by Crippen LogP contribution is 2.29. The Hall–Kier alpha value is -0.970. The monoisotopic (exact) mass is 298 g/mol. The van der Waals surface area contributed by atoms with Crippen LogP contribution in [0.1, 0.15) is 54.2 Å². The molecule has 0 aliphatic heterocycles. The van der Waals surface area contributed by atoms with Crippen LogP contribution >= 0.6 is 11.8 Å². The van der Waals surface area contributed by atoms with Gasteiger partial charge >= 0.3 is 0 Å². The number of amides is 1. The van der Waals surface area contributed by atoms with E-state index in [1.807, 2.05) is 13.8 Å². The first kappa shape index (κ1) is 17.1. The van der Waals surface area contributed by atoms with Crippen LogP contribution in [0.2, 0.25) is 0 Å². The number of nitrogens with zero attached hydrogens (tertiary/aromatic N) is 1. The van der Waals surface area contributed by atoms with Crippen molar-refractivity contribution >= 4 is 23.6 Å². The normalized spacial score (nSPS) is 12.8. The molecule has 1 aromatic rings. The molecular formula is C15H26N2O2S. The third-order valence-electron chi connectivity index (χ3n) is 2.84. The molecule has 1 rings (SSSR count). The maximum atomic E-state index is 12.3. The lowest BCUT2D eigenvalue weighted by molar-refractivity contribution is -0.117. The highest BCUT2D eigenvalue weighted by atomic mass is 32.2. The summed E-state index contributed by atoms with van der Waals surface area (Å²) in [5.41, 5.74) is 0.745. The Balaban J connectivity index is 2.68.